The Bertz CT molecular complexity index is 650. The lowest BCUT2D eigenvalue weighted by atomic mass is 9.76. The Hall–Kier alpha value is -1.23. The molecular formula is C19H24F10O2. The van der Waals surface area contributed by atoms with Crippen LogP contribution in [0.25, 0.3) is 0 Å². The van der Waals surface area contributed by atoms with Gasteiger partial charge in [-0.25, -0.2) is 8.78 Å². The van der Waals surface area contributed by atoms with Gasteiger partial charge in [-0.2, -0.15) is 35.1 Å². The Morgan fingerprint density at radius 2 is 1.35 bits per heavy atom. The maximum absolute atomic E-state index is 13.9. The van der Waals surface area contributed by atoms with Crippen LogP contribution < -0.4 is 0 Å². The summed E-state index contributed by atoms with van der Waals surface area (Å²) in [5.74, 6) is -22.3. The third kappa shape index (κ3) is 5.23. The Balaban J connectivity index is 1.93. The number of hydrogen-bond donors (Lipinski definition) is 0. The van der Waals surface area contributed by atoms with E-state index in [1.165, 1.54) is 0 Å². The summed E-state index contributed by atoms with van der Waals surface area (Å²) in [6.07, 6.45) is -10.2. The van der Waals surface area contributed by atoms with Gasteiger partial charge >= 0.3 is 29.7 Å². The zero-order chi connectivity index (χ0) is 24.0. The van der Waals surface area contributed by atoms with Gasteiger partial charge in [0.25, 0.3) is 0 Å². The normalized spacial score (nSPS) is 29.6. The highest BCUT2D eigenvalue weighted by Gasteiger charge is 2.62. The van der Waals surface area contributed by atoms with E-state index in [4.69, 9.17) is 0 Å². The predicted octanol–water partition coefficient (Wildman–Crippen LogP) is 6.43. The summed E-state index contributed by atoms with van der Waals surface area (Å²) in [6.45, 7) is 1.78. The second kappa shape index (κ2) is 8.61. The molecule has 2 bridgehead atoms. The molecule has 2 aliphatic carbocycles. The first-order valence-electron chi connectivity index (χ1n) is 9.88. The van der Waals surface area contributed by atoms with Gasteiger partial charge in [-0.1, -0.05) is 13.8 Å². The molecular weight excluding hydrogens is 450 g/mol. The molecule has 0 aromatic heterocycles. The average molecular weight is 474 g/mol. The largest absolute Gasteiger partial charge is 0.459 e. The number of halogens is 10. The van der Waals surface area contributed by atoms with Crippen LogP contribution in [0, 0.1) is 29.6 Å². The standard InChI is InChI=1S/C19H24F10O2/c1-9-10(2)12-5-11(9)6-13(12)15(30)31-8-19(28,29)17(24,25)4-3-16(22,23)18(26,27)7-14(20)21/h9-14H,3-8H2,1-2H3. The minimum atomic E-state index is -5.35. The number of carbonyl (C=O) groups is 1. The van der Waals surface area contributed by atoms with Crippen LogP contribution in [0.5, 0.6) is 0 Å². The maximum Gasteiger partial charge on any atom is 0.343 e. The molecule has 0 heterocycles. The number of alkyl halides is 10. The third-order valence-electron chi connectivity index (χ3n) is 6.83. The van der Waals surface area contributed by atoms with Gasteiger partial charge in [0.1, 0.15) is 0 Å². The van der Waals surface area contributed by atoms with Crippen LogP contribution in [0.2, 0.25) is 0 Å². The number of rotatable bonds is 10. The van der Waals surface area contributed by atoms with Crippen molar-refractivity contribution in [1.29, 1.82) is 0 Å². The summed E-state index contributed by atoms with van der Waals surface area (Å²) in [5.41, 5.74) is 0. The first kappa shape index (κ1) is 26.0. The van der Waals surface area contributed by atoms with Gasteiger partial charge in [0.05, 0.1) is 12.3 Å². The molecule has 0 spiro atoms. The highest BCUT2D eigenvalue weighted by Crippen LogP contribution is 2.55. The highest BCUT2D eigenvalue weighted by atomic mass is 19.3. The van der Waals surface area contributed by atoms with E-state index in [9.17, 15) is 48.7 Å². The zero-order valence-electron chi connectivity index (χ0n) is 16.8. The molecule has 182 valence electrons. The van der Waals surface area contributed by atoms with Gasteiger partial charge in [0.15, 0.2) is 6.61 Å². The Labute approximate surface area is 172 Å². The SMILES string of the molecule is CC1C2CC(C(=O)OCC(F)(F)C(F)(F)CCC(F)(F)C(F)(F)CC(F)F)C(C2)C1C. The first-order chi connectivity index (χ1) is 13.9. The first-order valence-corrected chi connectivity index (χ1v) is 9.88. The molecule has 5 unspecified atom stereocenters. The second-order valence-electron chi connectivity index (χ2n) is 8.74. The monoisotopic (exact) mass is 474 g/mol. The van der Waals surface area contributed by atoms with E-state index in [2.05, 4.69) is 4.74 Å². The smallest absolute Gasteiger partial charge is 0.343 e. The molecule has 0 N–H and O–H groups in total. The van der Waals surface area contributed by atoms with Crippen LogP contribution in [0.15, 0.2) is 0 Å². The lowest BCUT2D eigenvalue weighted by molar-refractivity contribution is -0.259. The molecule has 0 aliphatic heterocycles. The lowest BCUT2D eigenvalue weighted by Gasteiger charge is -2.32. The molecule has 0 radical (unpaired) electrons. The molecule has 0 aromatic rings. The Morgan fingerprint density at radius 3 is 1.81 bits per heavy atom. The molecule has 2 nitrogen and oxygen atoms in total. The fourth-order valence-corrected chi connectivity index (χ4v) is 4.61. The molecule has 5 atom stereocenters. The van der Waals surface area contributed by atoms with Crippen molar-refractivity contribution in [3.63, 3.8) is 0 Å². The minimum absolute atomic E-state index is 0.121. The zero-order valence-corrected chi connectivity index (χ0v) is 16.8. The fraction of sp³-hybridized carbons (Fsp3) is 0.947. The van der Waals surface area contributed by atoms with Gasteiger partial charge < -0.3 is 4.74 Å². The van der Waals surface area contributed by atoms with E-state index < -0.39 is 67.9 Å². The van der Waals surface area contributed by atoms with Crippen LogP contribution >= 0.6 is 0 Å². The second-order valence-corrected chi connectivity index (χ2v) is 8.74. The van der Waals surface area contributed by atoms with E-state index in [1.54, 1.807) is 0 Å². The van der Waals surface area contributed by atoms with E-state index in [-0.39, 0.29) is 17.8 Å². The van der Waals surface area contributed by atoms with E-state index in [0.29, 0.717) is 18.8 Å². The van der Waals surface area contributed by atoms with Crippen molar-refractivity contribution in [2.75, 3.05) is 6.61 Å². The van der Waals surface area contributed by atoms with Crippen LogP contribution in [0.4, 0.5) is 43.9 Å². The van der Waals surface area contributed by atoms with E-state index in [1.807, 2.05) is 13.8 Å². The predicted molar refractivity (Wildman–Crippen MR) is 88.6 cm³/mol. The number of hydrogen-bond acceptors (Lipinski definition) is 2. The fourth-order valence-electron chi connectivity index (χ4n) is 4.61. The van der Waals surface area contributed by atoms with Crippen molar-refractivity contribution in [2.45, 2.75) is 76.1 Å². The third-order valence-corrected chi connectivity index (χ3v) is 6.83. The van der Waals surface area contributed by atoms with Crippen molar-refractivity contribution in [3.8, 4) is 0 Å². The Morgan fingerprint density at radius 1 is 0.839 bits per heavy atom. The van der Waals surface area contributed by atoms with E-state index >= 15 is 0 Å². The van der Waals surface area contributed by atoms with Crippen molar-refractivity contribution < 1.29 is 53.4 Å². The van der Waals surface area contributed by atoms with Crippen LogP contribution in [-0.2, 0) is 9.53 Å². The maximum atomic E-state index is 13.9. The summed E-state index contributed by atoms with van der Waals surface area (Å²) >= 11 is 0. The lowest BCUT2D eigenvalue weighted by Crippen LogP contribution is -2.48. The molecule has 0 aromatic carbocycles. The van der Waals surface area contributed by atoms with Gasteiger partial charge in [-0.05, 0) is 36.5 Å². The number of carbonyl (C=O) groups excluding carboxylic acids is 1. The highest BCUT2D eigenvalue weighted by molar-refractivity contribution is 5.73. The van der Waals surface area contributed by atoms with Gasteiger partial charge in [0.2, 0.25) is 6.43 Å². The topological polar surface area (TPSA) is 26.3 Å². The molecule has 0 amide bonds. The summed E-state index contributed by atoms with van der Waals surface area (Å²) in [6, 6.07) is 0. The Kier molecular flexibility index (Phi) is 7.23. The average Bonchev–Trinajstić information content (AvgIpc) is 3.17. The summed E-state index contributed by atoms with van der Waals surface area (Å²) in [4.78, 5) is 12.1. The molecule has 2 fully saturated rings. The summed E-state index contributed by atoms with van der Waals surface area (Å²) < 4.78 is 137. The van der Waals surface area contributed by atoms with Crippen molar-refractivity contribution >= 4 is 5.97 Å². The number of esters is 1. The summed E-state index contributed by atoms with van der Waals surface area (Å²) in [7, 11) is 0. The van der Waals surface area contributed by atoms with Crippen molar-refractivity contribution in [2.24, 2.45) is 29.6 Å². The van der Waals surface area contributed by atoms with Gasteiger partial charge in [0, 0.05) is 12.8 Å². The quantitative estimate of drug-likeness (QED) is 0.269. The van der Waals surface area contributed by atoms with E-state index in [0.717, 1.165) is 0 Å². The molecule has 12 heteroatoms. The molecule has 2 rings (SSSR count). The van der Waals surface area contributed by atoms with Gasteiger partial charge in [-0.3, -0.25) is 4.79 Å². The molecule has 31 heavy (non-hydrogen) atoms. The van der Waals surface area contributed by atoms with Gasteiger partial charge in [-0.15, -0.1) is 0 Å². The molecule has 0 saturated heterocycles. The number of fused-ring (bicyclic) bond motifs is 2. The van der Waals surface area contributed by atoms with Crippen molar-refractivity contribution in [3.05, 3.63) is 0 Å². The van der Waals surface area contributed by atoms with Crippen molar-refractivity contribution in [1.82, 2.24) is 0 Å². The molecule has 2 saturated carbocycles. The summed E-state index contributed by atoms with van der Waals surface area (Å²) in [5, 5.41) is 0. The minimum Gasteiger partial charge on any atom is -0.459 e. The number of ether oxygens (including phenoxy) is 1. The van der Waals surface area contributed by atoms with Crippen LogP contribution in [0.1, 0.15) is 46.0 Å². The van der Waals surface area contributed by atoms with Crippen LogP contribution in [-0.4, -0.2) is 42.7 Å². The van der Waals surface area contributed by atoms with Crippen LogP contribution in [0.3, 0.4) is 0 Å². The molecule has 2 aliphatic rings.